The normalized spacial score (nSPS) is 14.7. The fraction of sp³-hybridized carbons (Fsp3) is 0.389. The number of esters is 1. The molecule has 1 amide bonds. The minimum Gasteiger partial charge on any atom is -0.465 e. The molecule has 1 aromatic heterocycles. The van der Waals surface area contributed by atoms with Crippen molar-refractivity contribution in [3.8, 4) is 0 Å². The lowest BCUT2D eigenvalue weighted by atomic mass is 10.1. The molecule has 1 saturated heterocycles. The van der Waals surface area contributed by atoms with Crippen molar-refractivity contribution in [3.05, 3.63) is 57.0 Å². The van der Waals surface area contributed by atoms with Gasteiger partial charge in [-0.1, -0.05) is 5.16 Å². The van der Waals surface area contributed by atoms with Crippen LogP contribution >= 0.6 is 0 Å². The van der Waals surface area contributed by atoms with E-state index in [9.17, 15) is 19.7 Å². The third kappa shape index (κ3) is 4.34. The van der Waals surface area contributed by atoms with Crippen molar-refractivity contribution in [2.45, 2.75) is 13.5 Å². The van der Waals surface area contributed by atoms with Crippen LogP contribution in [0.3, 0.4) is 0 Å². The minimum absolute atomic E-state index is 0.0277. The number of non-ortho nitro benzene ring substituents is 1. The largest absolute Gasteiger partial charge is 0.465 e. The lowest BCUT2D eigenvalue weighted by Gasteiger charge is -2.34. The van der Waals surface area contributed by atoms with Gasteiger partial charge in [-0.25, -0.2) is 4.79 Å². The van der Waals surface area contributed by atoms with E-state index in [0.717, 1.165) is 17.5 Å². The van der Waals surface area contributed by atoms with Crippen LogP contribution in [0.5, 0.6) is 0 Å². The molecule has 1 aliphatic heterocycles. The second-order valence-electron chi connectivity index (χ2n) is 6.51. The summed E-state index contributed by atoms with van der Waals surface area (Å²) in [4.78, 5) is 38.8. The summed E-state index contributed by atoms with van der Waals surface area (Å²) >= 11 is 0. The van der Waals surface area contributed by atoms with Crippen molar-refractivity contribution in [3.63, 3.8) is 0 Å². The molecule has 0 radical (unpaired) electrons. The molecule has 0 spiro atoms. The number of carbonyl (C=O) groups is 2. The molecule has 28 heavy (non-hydrogen) atoms. The highest BCUT2D eigenvalue weighted by molar-refractivity contribution is 5.99. The van der Waals surface area contributed by atoms with Crippen molar-refractivity contribution in [1.82, 2.24) is 15.0 Å². The number of piperazine rings is 1. The number of rotatable bonds is 5. The fourth-order valence-electron chi connectivity index (χ4n) is 3.09. The van der Waals surface area contributed by atoms with Gasteiger partial charge in [-0.05, 0) is 13.0 Å². The number of benzene rings is 1. The van der Waals surface area contributed by atoms with Gasteiger partial charge in [0.05, 0.1) is 23.3 Å². The van der Waals surface area contributed by atoms with Gasteiger partial charge >= 0.3 is 5.97 Å². The lowest BCUT2D eigenvalue weighted by Crippen LogP contribution is -2.48. The number of nitro benzene ring substituents is 1. The highest BCUT2D eigenvalue weighted by atomic mass is 16.6. The summed E-state index contributed by atoms with van der Waals surface area (Å²) in [7, 11) is 1.18. The zero-order valence-corrected chi connectivity index (χ0v) is 15.6. The van der Waals surface area contributed by atoms with Gasteiger partial charge in [0.15, 0.2) is 0 Å². The highest BCUT2D eigenvalue weighted by Crippen LogP contribution is 2.20. The van der Waals surface area contributed by atoms with E-state index in [0.29, 0.717) is 32.7 Å². The van der Waals surface area contributed by atoms with Gasteiger partial charge in [0.25, 0.3) is 11.6 Å². The first kappa shape index (κ1) is 19.5. The molecule has 2 aromatic rings. The summed E-state index contributed by atoms with van der Waals surface area (Å²) in [6, 6.07) is 5.47. The van der Waals surface area contributed by atoms with E-state index in [-0.39, 0.29) is 22.7 Å². The monoisotopic (exact) mass is 388 g/mol. The summed E-state index contributed by atoms with van der Waals surface area (Å²) in [6.07, 6.45) is 0. The highest BCUT2D eigenvalue weighted by Gasteiger charge is 2.25. The Morgan fingerprint density at radius 3 is 2.43 bits per heavy atom. The zero-order chi connectivity index (χ0) is 20.3. The molecule has 0 saturated carbocycles. The number of aromatic nitrogens is 1. The number of carbonyl (C=O) groups excluding carboxylic acids is 2. The maximum absolute atomic E-state index is 12.8. The average Bonchev–Trinajstić information content (AvgIpc) is 3.11. The maximum atomic E-state index is 12.8. The topological polar surface area (TPSA) is 119 Å². The van der Waals surface area contributed by atoms with Crippen LogP contribution in [-0.2, 0) is 11.3 Å². The molecule has 1 aromatic carbocycles. The van der Waals surface area contributed by atoms with Crippen LogP contribution in [-0.4, -0.2) is 65.0 Å². The smallest absolute Gasteiger partial charge is 0.338 e. The molecular weight excluding hydrogens is 368 g/mol. The molecule has 0 bridgehead atoms. The number of hydrogen-bond donors (Lipinski definition) is 0. The quantitative estimate of drug-likeness (QED) is 0.431. The van der Waals surface area contributed by atoms with E-state index in [4.69, 9.17) is 4.52 Å². The molecule has 10 heteroatoms. The number of ether oxygens (including phenoxy) is 1. The van der Waals surface area contributed by atoms with Gasteiger partial charge < -0.3 is 14.2 Å². The Morgan fingerprint density at radius 2 is 1.86 bits per heavy atom. The zero-order valence-electron chi connectivity index (χ0n) is 15.6. The lowest BCUT2D eigenvalue weighted by molar-refractivity contribution is -0.384. The summed E-state index contributed by atoms with van der Waals surface area (Å²) in [5.41, 5.74) is 0.570. The van der Waals surface area contributed by atoms with Crippen LogP contribution in [0, 0.1) is 17.0 Å². The van der Waals surface area contributed by atoms with Gasteiger partial charge in [-0.15, -0.1) is 0 Å². The van der Waals surface area contributed by atoms with Gasteiger partial charge in [-0.2, -0.15) is 0 Å². The molecular formula is C18H20N4O6. The van der Waals surface area contributed by atoms with E-state index in [1.54, 1.807) is 4.90 Å². The Balaban J connectivity index is 1.69. The Morgan fingerprint density at radius 1 is 1.18 bits per heavy atom. The van der Waals surface area contributed by atoms with E-state index in [1.165, 1.54) is 19.2 Å². The van der Waals surface area contributed by atoms with Crippen molar-refractivity contribution in [1.29, 1.82) is 0 Å². The average molecular weight is 388 g/mol. The van der Waals surface area contributed by atoms with E-state index in [1.807, 2.05) is 13.0 Å². The number of methoxy groups -OCH3 is 1. The Hall–Kier alpha value is -3.27. The second-order valence-corrected chi connectivity index (χ2v) is 6.51. The van der Waals surface area contributed by atoms with Crippen molar-refractivity contribution < 1.29 is 23.8 Å². The van der Waals surface area contributed by atoms with Crippen LogP contribution in [0.1, 0.15) is 32.2 Å². The fourth-order valence-corrected chi connectivity index (χ4v) is 3.09. The van der Waals surface area contributed by atoms with Crippen LogP contribution < -0.4 is 0 Å². The summed E-state index contributed by atoms with van der Waals surface area (Å²) in [5.74, 6) is -0.341. The Bertz CT molecular complexity index is 901. The molecule has 1 aliphatic rings. The Labute approximate surface area is 160 Å². The van der Waals surface area contributed by atoms with Gasteiger partial charge in [0, 0.05) is 56.5 Å². The van der Waals surface area contributed by atoms with Gasteiger partial charge in [-0.3, -0.25) is 19.8 Å². The van der Waals surface area contributed by atoms with E-state index < -0.39 is 10.9 Å². The predicted molar refractivity (Wildman–Crippen MR) is 96.9 cm³/mol. The number of aryl methyl sites for hydroxylation is 1. The van der Waals surface area contributed by atoms with Crippen LogP contribution in [0.4, 0.5) is 5.69 Å². The Kier molecular flexibility index (Phi) is 5.69. The molecule has 148 valence electrons. The SMILES string of the molecule is COC(=O)c1cc(C(=O)N2CCN(Cc3cc(C)on3)CC2)cc([N+](=O)[O-])c1. The molecule has 10 nitrogen and oxygen atoms in total. The molecule has 1 fully saturated rings. The second kappa shape index (κ2) is 8.17. The standard InChI is InChI=1S/C18H20N4O6/c1-12-7-15(19-28-12)11-20-3-5-21(6-4-20)17(23)13-8-14(18(24)27-2)10-16(9-13)22(25)26/h7-10H,3-6,11H2,1-2H3. The number of nitro groups is 1. The van der Waals surface area contributed by atoms with Crippen molar-refractivity contribution in [2.75, 3.05) is 33.3 Å². The molecule has 0 atom stereocenters. The third-order valence-corrected chi connectivity index (χ3v) is 4.52. The summed E-state index contributed by atoms with van der Waals surface area (Å²) in [6.45, 7) is 4.65. The first-order valence-electron chi connectivity index (χ1n) is 8.69. The molecule has 0 unspecified atom stereocenters. The first-order valence-corrected chi connectivity index (χ1v) is 8.69. The number of nitrogens with zero attached hydrogens (tertiary/aromatic N) is 4. The first-order chi connectivity index (χ1) is 13.4. The molecule has 3 rings (SSSR count). The van der Waals surface area contributed by atoms with Gasteiger partial charge in [0.1, 0.15) is 5.76 Å². The summed E-state index contributed by atoms with van der Waals surface area (Å²) < 4.78 is 9.68. The summed E-state index contributed by atoms with van der Waals surface area (Å²) in [5, 5.41) is 15.1. The third-order valence-electron chi connectivity index (χ3n) is 4.52. The molecule has 0 N–H and O–H groups in total. The van der Waals surface area contributed by atoms with E-state index >= 15 is 0 Å². The van der Waals surface area contributed by atoms with Crippen LogP contribution in [0.15, 0.2) is 28.8 Å². The van der Waals surface area contributed by atoms with Crippen molar-refractivity contribution >= 4 is 17.6 Å². The van der Waals surface area contributed by atoms with Crippen LogP contribution in [0.2, 0.25) is 0 Å². The van der Waals surface area contributed by atoms with Crippen LogP contribution in [0.25, 0.3) is 0 Å². The van der Waals surface area contributed by atoms with Crippen molar-refractivity contribution in [2.24, 2.45) is 0 Å². The predicted octanol–water partition coefficient (Wildman–Crippen LogP) is 1.64. The minimum atomic E-state index is -0.731. The maximum Gasteiger partial charge on any atom is 0.338 e. The molecule has 2 heterocycles. The number of amides is 1. The van der Waals surface area contributed by atoms with Gasteiger partial charge in [0.2, 0.25) is 0 Å². The van der Waals surface area contributed by atoms with E-state index in [2.05, 4.69) is 14.8 Å². The number of hydrogen-bond acceptors (Lipinski definition) is 8. The molecule has 0 aliphatic carbocycles.